The molecule has 0 radical (unpaired) electrons. The van der Waals surface area contributed by atoms with E-state index in [1.165, 1.54) is 44.1 Å². The molecular weight excluding hydrogens is 328 g/mol. The largest absolute Gasteiger partial charge is 0.497 e. The summed E-state index contributed by atoms with van der Waals surface area (Å²) >= 11 is 3.90. The van der Waals surface area contributed by atoms with E-state index in [-0.39, 0.29) is 0 Å². The molecule has 0 N–H and O–H groups in total. The second kappa shape index (κ2) is 6.70. The van der Waals surface area contributed by atoms with E-state index >= 15 is 0 Å². The molecule has 2 aliphatic rings. The molecule has 3 heteroatoms. The predicted molar refractivity (Wildman–Crippen MR) is 89.0 cm³/mol. The minimum absolute atomic E-state index is 0.398. The standard InChI is InChI=1S/C18H25BrO2/c1-20-15-8-6-7-14(11-15)13-21-17-12-16(19)18(17)9-4-2-3-5-10-18/h6-8,11,16-17H,2-5,9-10,12-13H2,1H3. The van der Waals surface area contributed by atoms with Crippen LogP contribution >= 0.6 is 15.9 Å². The maximum atomic E-state index is 6.30. The smallest absolute Gasteiger partial charge is 0.119 e. The first kappa shape index (κ1) is 15.4. The van der Waals surface area contributed by atoms with E-state index in [2.05, 4.69) is 28.1 Å². The van der Waals surface area contributed by atoms with E-state index in [0.29, 0.717) is 23.0 Å². The van der Waals surface area contributed by atoms with E-state index < -0.39 is 0 Å². The average molecular weight is 353 g/mol. The van der Waals surface area contributed by atoms with Crippen molar-refractivity contribution in [3.63, 3.8) is 0 Å². The fraction of sp³-hybridized carbons (Fsp3) is 0.667. The Labute approximate surface area is 136 Å². The lowest BCUT2D eigenvalue weighted by Gasteiger charge is -2.53. The van der Waals surface area contributed by atoms with Crippen LogP contribution in [0.2, 0.25) is 0 Å². The Hall–Kier alpha value is -0.540. The molecule has 2 saturated carbocycles. The highest BCUT2D eigenvalue weighted by Gasteiger charge is 2.53. The monoisotopic (exact) mass is 352 g/mol. The Morgan fingerprint density at radius 3 is 2.62 bits per heavy atom. The van der Waals surface area contributed by atoms with Crippen LogP contribution in [0.3, 0.4) is 0 Å². The second-order valence-corrected chi connectivity index (χ2v) is 7.61. The van der Waals surface area contributed by atoms with Crippen molar-refractivity contribution in [2.24, 2.45) is 5.41 Å². The third kappa shape index (κ3) is 3.14. The van der Waals surface area contributed by atoms with Crippen molar-refractivity contribution in [1.82, 2.24) is 0 Å². The van der Waals surface area contributed by atoms with Gasteiger partial charge in [0.2, 0.25) is 0 Å². The SMILES string of the molecule is COc1cccc(COC2CC(Br)C23CCCCCC3)c1. The molecule has 2 fully saturated rings. The lowest BCUT2D eigenvalue weighted by atomic mass is 9.61. The molecule has 2 atom stereocenters. The van der Waals surface area contributed by atoms with E-state index in [1.807, 2.05) is 12.1 Å². The molecule has 1 aromatic rings. The second-order valence-electron chi connectivity index (χ2n) is 6.50. The topological polar surface area (TPSA) is 18.5 Å². The van der Waals surface area contributed by atoms with Crippen LogP contribution in [0, 0.1) is 5.41 Å². The summed E-state index contributed by atoms with van der Waals surface area (Å²) in [5.41, 5.74) is 1.60. The number of halogens is 1. The number of alkyl halides is 1. The number of methoxy groups -OCH3 is 1. The molecule has 21 heavy (non-hydrogen) atoms. The van der Waals surface area contributed by atoms with Gasteiger partial charge in [-0.25, -0.2) is 0 Å². The molecule has 0 heterocycles. The summed E-state index contributed by atoms with van der Waals surface area (Å²) in [7, 11) is 1.71. The highest BCUT2D eigenvalue weighted by Crippen LogP contribution is 2.55. The Morgan fingerprint density at radius 1 is 1.19 bits per heavy atom. The summed E-state index contributed by atoms with van der Waals surface area (Å²) in [6.45, 7) is 0.698. The predicted octanol–water partition coefficient (Wildman–Crippen LogP) is 5.09. The zero-order chi connectivity index (χ0) is 14.7. The molecular formula is C18H25BrO2. The van der Waals surface area contributed by atoms with Crippen LogP contribution in [0.25, 0.3) is 0 Å². The number of ether oxygens (including phenoxy) is 2. The van der Waals surface area contributed by atoms with Gasteiger partial charge in [0.1, 0.15) is 5.75 Å². The van der Waals surface area contributed by atoms with E-state index in [0.717, 1.165) is 12.2 Å². The maximum Gasteiger partial charge on any atom is 0.119 e. The summed E-state index contributed by atoms with van der Waals surface area (Å²) in [6, 6.07) is 8.21. The Balaban J connectivity index is 1.62. The summed E-state index contributed by atoms with van der Waals surface area (Å²) < 4.78 is 11.6. The van der Waals surface area contributed by atoms with Crippen LogP contribution in [0.4, 0.5) is 0 Å². The van der Waals surface area contributed by atoms with Gasteiger partial charge in [-0.3, -0.25) is 0 Å². The van der Waals surface area contributed by atoms with Gasteiger partial charge in [-0.1, -0.05) is 53.7 Å². The summed E-state index contributed by atoms with van der Waals surface area (Å²) in [5, 5.41) is 0. The fourth-order valence-electron chi connectivity index (χ4n) is 3.91. The highest BCUT2D eigenvalue weighted by molar-refractivity contribution is 9.09. The van der Waals surface area contributed by atoms with Crippen molar-refractivity contribution in [2.75, 3.05) is 7.11 Å². The number of hydrogen-bond acceptors (Lipinski definition) is 2. The highest BCUT2D eigenvalue weighted by atomic mass is 79.9. The van der Waals surface area contributed by atoms with Crippen molar-refractivity contribution in [3.8, 4) is 5.75 Å². The lowest BCUT2D eigenvalue weighted by molar-refractivity contribution is -0.118. The maximum absolute atomic E-state index is 6.30. The summed E-state index contributed by atoms with van der Waals surface area (Å²) in [5.74, 6) is 0.909. The Bertz CT molecular complexity index is 466. The third-order valence-corrected chi connectivity index (χ3v) is 6.59. The van der Waals surface area contributed by atoms with Crippen LogP contribution in [0.5, 0.6) is 5.75 Å². The lowest BCUT2D eigenvalue weighted by Crippen LogP contribution is -2.55. The molecule has 0 amide bonds. The zero-order valence-electron chi connectivity index (χ0n) is 12.8. The van der Waals surface area contributed by atoms with Gasteiger partial charge in [-0.15, -0.1) is 0 Å². The van der Waals surface area contributed by atoms with Crippen molar-refractivity contribution in [2.45, 2.75) is 62.5 Å². The first-order chi connectivity index (χ1) is 10.2. The molecule has 0 saturated heterocycles. The van der Waals surface area contributed by atoms with E-state index in [9.17, 15) is 0 Å². The van der Waals surface area contributed by atoms with Crippen molar-refractivity contribution in [1.29, 1.82) is 0 Å². The van der Waals surface area contributed by atoms with Gasteiger partial charge in [-0.2, -0.15) is 0 Å². The van der Waals surface area contributed by atoms with Crippen LogP contribution < -0.4 is 4.74 Å². The molecule has 0 aromatic heterocycles. The van der Waals surface area contributed by atoms with Gasteiger partial charge in [0, 0.05) is 10.2 Å². The van der Waals surface area contributed by atoms with Crippen molar-refractivity contribution in [3.05, 3.63) is 29.8 Å². The first-order valence-corrected chi connectivity index (χ1v) is 9.05. The molecule has 0 aliphatic heterocycles. The van der Waals surface area contributed by atoms with E-state index in [4.69, 9.17) is 9.47 Å². The zero-order valence-corrected chi connectivity index (χ0v) is 14.4. The third-order valence-electron chi connectivity index (χ3n) is 5.31. The van der Waals surface area contributed by atoms with Gasteiger partial charge in [-0.05, 0) is 37.0 Å². The Kier molecular flexibility index (Phi) is 4.90. The van der Waals surface area contributed by atoms with Crippen LogP contribution in [0.1, 0.15) is 50.5 Å². The van der Waals surface area contributed by atoms with E-state index in [1.54, 1.807) is 7.11 Å². The van der Waals surface area contributed by atoms with Crippen LogP contribution in [0.15, 0.2) is 24.3 Å². The minimum atomic E-state index is 0.398. The van der Waals surface area contributed by atoms with Crippen LogP contribution in [-0.4, -0.2) is 18.0 Å². The summed E-state index contributed by atoms with van der Waals surface area (Å²) in [6.07, 6.45) is 9.74. The molecule has 2 aliphatic carbocycles. The van der Waals surface area contributed by atoms with Crippen molar-refractivity contribution >= 4 is 15.9 Å². The minimum Gasteiger partial charge on any atom is -0.497 e. The molecule has 3 rings (SSSR count). The number of rotatable bonds is 4. The van der Waals surface area contributed by atoms with Gasteiger partial charge < -0.3 is 9.47 Å². The van der Waals surface area contributed by atoms with Gasteiger partial charge in [0.05, 0.1) is 19.8 Å². The fourth-order valence-corrected chi connectivity index (χ4v) is 5.01. The summed E-state index contributed by atoms with van der Waals surface area (Å²) in [4.78, 5) is 0.651. The molecule has 116 valence electrons. The first-order valence-electron chi connectivity index (χ1n) is 8.13. The van der Waals surface area contributed by atoms with Gasteiger partial charge in [0.15, 0.2) is 0 Å². The van der Waals surface area contributed by atoms with Crippen molar-refractivity contribution < 1.29 is 9.47 Å². The molecule has 1 spiro atoms. The normalized spacial score (nSPS) is 27.9. The molecule has 2 unspecified atom stereocenters. The number of hydrogen-bond donors (Lipinski definition) is 0. The van der Waals surface area contributed by atoms with Gasteiger partial charge >= 0.3 is 0 Å². The van der Waals surface area contributed by atoms with Gasteiger partial charge in [0.25, 0.3) is 0 Å². The molecule has 2 nitrogen and oxygen atoms in total. The quantitative estimate of drug-likeness (QED) is 0.702. The molecule has 1 aromatic carbocycles. The molecule has 0 bridgehead atoms. The Morgan fingerprint density at radius 2 is 1.95 bits per heavy atom. The number of benzene rings is 1. The van der Waals surface area contributed by atoms with Crippen LogP contribution in [-0.2, 0) is 11.3 Å². The average Bonchev–Trinajstić information content (AvgIpc) is 2.79.